The van der Waals surface area contributed by atoms with E-state index in [2.05, 4.69) is 23.8 Å². The fourth-order valence-corrected chi connectivity index (χ4v) is 5.04. The van der Waals surface area contributed by atoms with Crippen molar-refractivity contribution in [3.05, 3.63) is 133 Å². The number of amides is 2. The zero-order chi connectivity index (χ0) is 31.6. The van der Waals surface area contributed by atoms with E-state index in [1.54, 1.807) is 12.2 Å². The number of carbonyl (C=O) groups is 3. The molecule has 0 aliphatic rings. The van der Waals surface area contributed by atoms with E-state index < -0.39 is 18.1 Å². The highest BCUT2D eigenvalue weighted by molar-refractivity contribution is 5.86. The van der Waals surface area contributed by atoms with E-state index in [0.717, 1.165) is 16.7 Å². The molecule has 0 fully saturated rings. The highest BCUT2D eigenvalue weighted by Crippen LogP contribution is 2.23. The van der Waals surface area contributed by atoms with Crippen LogP contribution in [0.4, 0.5) is 0 Å². The summed E-state index contributed by atoms with van der Waals surface area (Å²) in [5.74, 6) is -2.06. The van der Waals surface area contributed by atoms with Crippen LogP contribution in [0.1, 0.15) is 48.5 Å². The molecule has 0 aromatic heterocycles. The highest BCUT2D eigenvalue weighted by Gasteiger charge is 2.27. The number of allylic oxidation sites excluding steroid dienone is 2. The van der Waals surface area contributed by atoms with Crippen LogP contribution in [-0.2, 0) is 32.0 Å². The number of hydrogen-bond donors (Lipinski definition) is 3. The molecule has 3 aromatic rings. The Morgan fingerprint density at radius 3 is 1.95 bits per heavy atom. The number of esters is 1. The zero-order valence-electron chi connectivity index (χ0n) is 25.3. The minimum atomic E-state index is -0.711. The fourth-order valence-electron chi connectivity index (χ4n) is 5.04. The van der Waals surface area contributed by atoms with Gasteiger partial charge in [0.2, 0.25) is 11.8 Å². The lowest BCUT2D eigenvalue weighted by molar-refractivity contribution is -0.155. The molecule has 0 aliphatic heterocycles. The number of hydrogen-bond acceptors (Lipinski definition) is 5. The van der Waals surface area contributed by atoms with Crippen molar-refractivity contribution >= 4 is 17.8 Å². The summed E-state index contributed by atoms with van der Waals surface area (Å²) in [5, 5.41) is 15.6. The van der Waals surface area contributed by atoms with Crippen molar-refractivity contribution in [2.24, 2.45) is 11.8 Å². The first-order chi connectivity index (χ1) is 21.4. The lowest BCUT2D eigenvalue weighted by Gasteiger charge is -2.24. The van der Waals surface area contributed by atoms with Crippen molar-refractivity contribution in [2.75, 3.05) is 13.2 Å². The molecule has 0 unspecified atom stereocenters. The Morgan fingerprint density at radius 2 is 1.39 bits per heavy atom. The summed E-state index contributed by atoms with van der Waals surface area (Å²) in [6, 6.07) is 28.2. The Balaban J connectivity index is 1.65. The van der Waals surface area contributed by atoms with Gasteiger partial charge < -0.3 is 20.5 Å². The third kappa shape index (κ3) is 11.7. The molecule has 0 heterocycles. The van der Waals surface area contributed by atoms with E-state index in [9.17, 15) is 19.5 Å². The van der Waals surface area contributed by atoms with Crippen LogP contribution in [0.2, 0.25) is 0 Å². The molecular formula is C37H44N2O5. The molecule has 3 aromatic carbocycles. The third-order valence-electron chi connectivity index (χ3n) is 7.43. The smallest absolute Gasteiger partial charge is 0.309 e. The lowest BCUT2D eigenvalue weighted by Crippen LogP contribution is -2.42. The van der Waals surface area contributed by atoms with Crippen molar-refractivity contribution in [3.8, 4) is 0 Å². The minimum absolute atomic E-state index is 0.0522. The van der Waals surface area contributed by atoms with Crippen molar-refractivity contribution in [2.45, 2.75) is 50.7 Å². The first-order valence-electron chi connectivity index (χ1n) is 15.2. The molecule has 4 atom stereocenters. The van der Waals surface area contributed by atoms with Crippen LogP contribution >= 0.6 is 0 Å². The van der Waals surface area contributed by atoms with E-state index in [0.29, 0.717) is 25.7 Å². The summed E-state index contributed by atoms with van der Waals surface area (Å²) in [5.41, 5.74) is 2.79. The lowest BCUT2D eigenvalue weighted by atomic mass is 9.94. The number of nitrogens with one attached hydrogen (secondary N) is 2. The second kappa shape index (κ2) is 18.9. The van der Waals surface area contributed by atoms with Gasteiger partial charge in [-0.25, -0.2) is 0 Å². The van der Waals surface area contributed by atoms with Gasteiger partial charge in [-0.05, 0) is 48.8 Å². The second-order valence-corrected chi connectivity index (χ2v) is 10.9. The minimum Gasteiger partial charge on any atom is -0.455 e. The van der Waals surface area contributed by atoms with Crippen LogP contribution in [0.25, 0.3) is 0 Å². The molecule has 2 amide bonds. The quantitative estimate of drug-likeness (QED) is 0.125. The summed E-state index contributed by atoms with van der Waals surface area (Å²) in [4.78, 5) is 39.7. The average Bonchev–Trinajstić information content (AvgIpc) is 3.05. The van der Waals surface area contributed by atoms with Gasteiger partial charge in [0.25, 0.3) is 0 Å². The Bertz CT molecular complexity index is 1310. The molecule has 0 saturated heterocycles. The van der Waals surface area contributed by atoms with Gasteiger partial charge in [-0.2, -0.15) is 0 Å². The molecule has 0 bridgehead atoms. The molecule has 7 nitrogen and oxygen atoms in total. The fraction of sp³-hybridized carbons (Fsp3) is 0.324. The number of rotatable bonds is 19. The van der Waals surface area contributed by atoms with Crippen LogP contribution in [-0.4, -0.2) is 42.1 Å². The topological polar surface area (TPSA) is 105 Å². The van der Waals surface area contributed by atoms with Gasteiger partial charge in [0.05, 0.1) is 31.0 Å². The molecule has 7 heteroatoms. The molecule has 0 radical (unpaired) electrons. The first kappa shape index (κ1) is 34.0. The zero-order valence-corrected chi connectivity index (χ0v) is 25.3. The van der Waals surface area contributed by atoms with Gasteiger partial charge in [0, 0.05) is 6.42 Å². The van der Waals surface area contributed by atoms with Crippen LogP contribution in [0, 0.1) is 11.8 Å². The molecule has 3 N–H and O–H groups in total. The Morgan fingerprint density at radius 1 is 0.795 bits per heavy atom. The summed E-state index contributed by atoms with van der Waals surface area (Å²) in [7, 11) is 0. The van der Waals surface area contributed by atoms with E-state index in [-0.39, 0.29) is 49.7 Å². The van der Waals surface area contributed by atoms with Gasteiger partial charge in [0.1, 0.15) is 6.10 Å². The Kier molecular flexibility index (Phi) is 14.6. The van der Waals surface area contributed by atoms with Gasteiger partial charge in [-0.3, -0.25) is 14.4 Å². The van der Waals surface area contributed by atoms with Gasteiger partial charge in [-0.15, -0.1) is 13.2 Å². The normalized spacial score (nSPS) is 13.5. The van der Waals surface area contributed by atoms with E-state index in [1.807, 2.05) is 91.0 Å². The average molecular weight is 597 g/mol. The standard InChI is InChI=1S/C37H44N2O5/c1-3-5-20-32(23-28-16-9-6-10-17-28)37(43)44-34(30-21-13-8-14-22-30)26-38-36(42)31(15-4-2)25-35(41)39-33(27-40)24-29-18-11-7-12-19-29/h3-4,6-14,16-19,21-22,31-34,40H,1-2,5,15,20,23-27H2,(H,38,42)(H,39,41)/t31-,32+,33+,34-/m0/s1. The van der Waals surface area contributed by atoms with E-state index >= 15 is 0 Å². The van der Waals surface area contributed by atoms with Crippen LogP contribution in [0.3, 0.4) is 0 Å². The predicted octanol–water partition coefficient (Wildman–Crippen LogP) is 5.51. The summed E-state index contributed by atoms with van der Waals surface area (Å²) in [6.07, 6.45) is 5.19. The maximum Gasteiger partial charge on any atom is 0.309 e. The number of benzene rings is 3. The van der Waals surface area contributed by atoms with E-state index in [4.69, 9.17) is 4.74 Å². The highest BCUT2D eigenvalue weighted by atomic mass is 16.5. The maximum absolute atomic E-state index is 13.5. The monoisotopic (exact) mass is 596 g/mol. The Labute approximate surface area is 261 Å². The van der Waals surface area contributed by atoms with Gasteiger partial charge in [-0.1, -0.05) is 103 Å². The molecule has 3 rings (SSSR count). The summed E-state index contributed by atoms with van der Waals surface area (Å²) in [6.45, 7) is 7.39. The first-order valence-corrected chi connectivity index (χ1v) is 15.2. The van der Waals surface area contributed by atoms with Crippen molar-refractivity contribution in [3.63, 3.8) is 0 Å². The number of ether oxygens (including phenoxy) is 1. The van der Waals surface area contributed by atoms with Crippen molar-refractivity contribution in [1.82, 2.24) is 10.6 Å². The largest absolute Gasteiger partial charge is 0.455 e. The molecule has 0 spiro atoms. The van der Waals surface area contributed by atoms with Gasteiger partial charge in [0.15, 0.2) is 0 Å². The number of carbonyl (C=O) groups excluding carboxylic acids is 3. The maximum atomic E-state index is 13.5. The molecular weight excluding hydrogens is 552 g/mol. The number of aliphatic hydroxyl groups is 1. The van der Waals surface area contributed by atoms with Crippen LogP contribution in [0.15, 0.2) is 116 Å². The van der Waals surface area contributed by atoms with E-state index in [1.165, 1.54) is 0 Å². The summed E-state index contributed by atoms with van der Waals surface area (Å²) >= 11 is 0. The van der Waals surface area contributed by atoms with Gasteiger partial charge >= 0.3 is 5.97 Å². The van der Waals surface area contributed by atoms with Crippen molar-refractivity contribution in [1.29, 1.82) is 0 Å². The predicted molar refractivity (Wildman–Crippen MR) is 173 cm³/mol. The SMILES string of the molecule is C=CCC[C@H](Cc1ccccc1)C(=O)O[C@@H](CNC(=O)[C@@H](CC=C)CC(=O)N[C@@H](CO)Cc1ccccc1)c1ccccc1. The third-order valence-corrected chi connectivity index (χ3v) is 7.43. The molecule has 0 aliphatic carbocycles. The van der Waals surface area contributed by atoms with Crippen LogP contribution in [0.5, 0.6) is 0 Å². The van der Waals surface area contributed by atoms with Crippen molar-refractivity contribution < 1.29 is 24.2 Å². The second-order valence-electron chi connectivity index (χ2n) is 10.9. The Hall–Kier alpha value is -4.49. The molecule has 232 valence electrons. The van der Waals surface area contributed by atoms with Crippen LogP contribution < -0.4 is 10.6 Å². The molecule has 0 saturated carbocycles. The molecule has 44 heavy (non-hydrogen) atoms. The number of aliphatic hydroxyl groups excluding tert-OH is 1. The summed E-state index contributed by atoms with van der Waals surface area (Å²) < 4.78 is 6.05.